The van der Waals surface area contributed by atoms with Gasteiger partial charge in [-0.15, -0.1) is 0 Å². The van der Waals surface area contributed by atoms with Crippen LogP contribution in [0.4, 0.5) is 5.69 Å². The Morgan fingerprint density at radius 1 is 1.00 bits per heavy atom. The van der Waals surface area contributed by atoms with E-state index >= 15 is 0 Å². The number of ether oxygens (including phenoxy) is 1. The van der Waals surface area contributed by atoms with Gasteiger partial charge in [0.2, 0.25) is 0 Å². The van der Waals surface area contributed by atoms with Gasteiger partial charge < -0.3 is 15.0 Å². The van der Waals surface area contributed by atoms with Crippen LogP contribution in [0.15, 0.2) is 54.6 Å². The third-order valence-corrected chi connectivity index (χ3v) is 3.67. The molecule has 0 aliphatic rings. The molecule has 0 spiro atoms. The predicted octanol–water partition coefficient (Wildman–Crippen LogP) is 3.23. The first-order chi connectivity index (χ1) is 11.2. The Hall–Kier alpha value is -2.49. The van der Waals surface area contributed by atoms with Crippen molar-refractivity contribution in [3.05, 3.63) is 60.2 Å². The van der Waals surface area contributed by atoms with Crippen LogP contribution in [0.2, 0.25) is 0 Å². The maximum Gasteiger partial charge on any atom is 0.258 e. The molecular formula is C19H24N2O2. The van der Waals surface area contributed by atoms with Gasteiger partial charge in [-0.05, 0) is 43.7 Å². The molecule has 23 heavy (non-hydrogen) atoms. The highest BCUT2D eigenvalue weighted by Gasteiger charge is 2.04. The van der Waals surface area contributed by atoms with Gasteiger partial charge in [-0.3, -0.25) is 4.79 Å². The van der Waals surface area contributed by atoms with Crippen molar-refractivity contribution in [2.45, 2.75) is 20.4 Å². The molecule has 2 aromatic rings. The van der Waals surface area contributed by atoms with Crippen LogP contribution in [0.1, 0.15) is 19.4 Å². The number of rotatable bonds is 8. The Balaban J connectivity index is 1.78. The van der Waals surface area contributed by atoms with Crippen molar-refractivity contribution in [3.63, 3.8) is 0 Å². The average Bonchev–Trinajstić information content (AvgIpc) is 2.61. The van der Waals surface area contributed by atoms with Crippen LogP contribution in [-0.2, 0) is 11.3 Å². The van der Waals surface area contributed by atoms with E-state index < -0.39 is 0 Å². The number of carbonyl (C=O) groups excluding carboxylic acids is 1. The Kier molecular flexibility index (Phi) is 6.48. The van der Waals surface area contributed by atoms with E-state index in [-0.39, 0.29) is 12.5 Å². The fourth-order valence-electron chi connectivity index (χ4n) is 2.33. The number of carbonyl (C=O) groups is 1. The molecule has 0 aromatic heterocycles. The smallest absolute Gasteiger partial charge is 0.258 e. The SMILES string of the molecule is CCN(CC)c1ccc(CNC(=O)COc2ccccc2)cc1. The summed E-state index contributed by atoms with van der Waals surface area (Å²) in [6, 6.07) is 17.6. The van der Waals surface area contributed by atoms with E-state index in [2.05, 4.69) is 36.2 Å². The first-order valence-electron chi connectivity index (χ1n) is 8.01. The van der Waals surface area contributed by atoms with Gasteiger partial charge in [-0.25, -0.2) is 0 Å². The molecule has 122 valence electrons. The number of nitrogens with zero attached hydrogens (tertiary/aromatic N) is 1. The average molecular weight is 312 g/mol. The fourth-order valence-corrected chi connectivity index (χ4v) is 2.33. The lowest BCUT2D eigenvalue weighted by Crippen LogP contribution is -2.28. The molecule has 2 rings (SSSR count). The molecule has 4 heteroatoms. The monoisotopic (exact) mass is 312 g/mol. The largest absolute Gasteiger partial charge is 0.484 e. The first-order valence-corrected chi connectivity index (χ1v) is 8.01. The van der Waals surface area contributed by atoms with Crippen molar-refractivity contribution in [2.75, 3.05) is 24.6 Å². The third kappa shape index (κ3) is 5.33. The van der Waals surface area contributed by atoms with Crippen LogP contribution >= 0.6 is 0 Å². The summed E-state index contributed by atoms with van der Waals surface area (Å²) < 4.78 is 5.42. The van der Waals surface area contributed by atoms with Gasteiger partial charge in [0, 0.05) is 25.3 Å². The summed E-state index contributed by atoms with van der Waals surface area (Å²) in [5, 5.41) is 2.87. The maximum atomic E-state index is 11.8. The molecule has 0 radical (unpaired) electrons. The molecule has 0 fully saturated rings. The number of hydrogen-bond acceptors (Lipinski definition) is 3. The standard InChI is InChI=1S/C19H24N2O2/c1-3-21(4-2)17-12-10-16(11-13-17)14-20-19(22)15-23-18-8-6-5-7-9-18/h5-13H,3-4,14-15H2,1-2H3,(H,20,22). The van der Waals surface area contributed by atoms with Gasteiger partial charge in [0.25, 0.3) is 5.91 Å². The minimum absolute atomic E-state index is 0.0293. The van der Waals surface area contributed by atoms with Crippen molar-refractivity contribution in [1.29, 1.82) is 0 Å². The highest BCUT2D eigenvalue weighted by molar-refractivity contribution is 5.77. The number of para-hydroxylation sites is 1. The number of hydrogen-bond donors (Lipinski definition) is 1. The highest BCUT2D eigenvalue weighted by Crippen LogP contribution is 2.14. The molecule has 1 amide bonds. The van der Waals surface area contributed by atoms with E-state index in [1.165, 1.54) is 5.69 Å². The molecular weight excluding hydrogens is 288 g/mol. The second-order valence-corrected chi connectivity index (χ2v) is 5.22. The lowest BCUT2D eigenvalue weighted by atomic mass is 10.2. The maximum absolute atomic E-state index is 11.8. The highest BCUT2D eigenvalue weighted by atomic mass is 16.5. The first kappa shape index (κ1) is 16.9. The van der Waals surface area contributed by atoms with Crippen molar-refractivity contribution >= 4 is 11.6 Å². The Morgan fingerprint density at radius 3 is 2.26 bits per heavy atom. The molecule has 0 aliphatic carbocycles. The summed E-state index contributed by atoms with van der Waals surface area (Å²) in [6.45, 7) is 6.80. The van der Waals surface area contributed by atoms with Crippen LogP contribution in [0, 0.1) is 0 Å². The lowest BCUT2D eigenvalue weighted by molar-refractivity contribution is -0.123. The summed E-state index contributed by atoms with van der Waals surface area (Å²) in [5.41, 5.74) is 2.28. The molecule has 0 saturated heterocycles. The van der Waals surface area contributed by atoms with Crippen LogP contribution in [0.5, 0.6) is 5.75 Å². The molecule has 1 N–H and O–H groups in total. The van der Waals surface area contributed by atoms with E-state index in [0.29, 0.717) is 12.3 Å². The predicted molar refractivity (Wildman–Crippen MR) is 93.8 cm³/mol. The Morgan fingerprint density at radius 2 is 1.65 bits per heavy atom. The second-order valence-electron chi connectivity index (χ2n) is 5.22. The summed E-state index contributed by atoms with van der Waals surface area (Å²) >= 11 is 0. The van der Waals surface area contributed by atoms with E-state index in [9.17, 15) is 4.79 Å². The van der Waals surface area contributed by atoms with Crippen molar-refractivity contribution in [1.82, 2.24) is 5.32 Å². The quantitative estimate of drug-likeness (QED) is 0.813. The van der Waals surface area contributed by atoms with Crippen LogP contribution in [0.25, 0.3) is 0 Å². The number of nitrogens with one attached hydrogen (secondary N) is 1. The topological polar surface area (TPSA) is 41.6 Å². The summed E-state index contributed by atoms with van der Waals surface area (Å²) in [6.07, 6.45) is 0. The lowest BCUT2D eigenvalue weighted by Gasteiger charge is -2.21. The zero-order valence-corrected chi connectivity index (χ0v) is 13.8. The van der Waals surface area contributed by atoms with Crippen LogP contribution in [-0.4, -0.2) is 25.6 Å². The van der Waals surface area contributed by atoms with Gasteiger partial charge in [0.1, 0.15) is 5.75 Å². The number of amides is 1. The Labute approximate surface area is 138 Å². The van der Waals surface area contributed by atoms with Gasteiger partial charge in [-0.1, -0.05) is 30.3 Å². The van der Waals surface area contributed by atoms with Gasteiger partial charge in [0.15, 0.2) is 6.61 Å². The van der Waals surface area contributed by atoms with E-state index in [0.717, 1.165) is 18.7 Å². The number of benzene rings is 2. The zero-order chi connectivity index (χ0) is 16.5. The minimum atomic E-state index is -0.123. The van der Waals surface area contributed by atoms with Gasteiger partial charge >= 0.3 is 0 Å². The van der Waals surface area contributed by atoms with Crippen molar-refractivity contribution in [2.24, 2.45) is 0 Å². The molecule has 0 heterocycles. The van der Waals surface area contributed by atoms with E-state index in [1.54, 1.807) is 0 Å². The molecule has 0 aliphatic heterocycles. The van der Waals surface area contributed by atoms with Gasteiger partial charge in [-0.2, -0.15) is 0 Å². The molecule has 0 saturated carbocycles. The van der Waals surface area contributed by atoms with Crippen LogP contribution < -0.4 is 15.0 Å². The molecule has 0 atom stereocenters. The number of anilines is 1. The van der Waals surface area contributed by atoms with Crippen molar-refractivity contribution < 1.29 is 9.53 Å². The molecule has 4 nitrogen and oxygen atoms in total. The summed E-state index contributed by atoms with van der Waals surface area (Å²) in [5.74, 6) is 0.577. The molecule has 0 unspecified atom stereocenters. The fraction of sp³-hybridized carbons (Fsp3) is 0.316. The Bertz CT molecular complexity index is 593. The van der Waals surface area contributed by atoms with Crippen LogP contribution in [0.3, 0.4) is 0 Å². The second kappa shape index (κ2) is 8.83. The van der Waals surface area contributed by atoms with E-state index in [4.69, 9.17) is 4.74 Å². The van der Waals surface area contributed by atoms with Gasteiger partial charge in [0.05, 0.1) is 0 Å². The molecule has 0 bridgehead atoms. The normalized spacial score (nSPS) is 10.2. The minimum Gasteiger partial charge on any atom is -0.484 e. The van der Waals surface area contributed by atoms with Crippen molar-refractivity contribution in [3.8, 4) is 5.75 Å². The summed E-state index contributed by atoms with van der Waals surface area (Å²) in [7, 11) is 0. The third-order valence-electron chi connectivity index (χ3n) is 3.67. The molecule has 2 aromatic carbocycles. The summed E-state index contributed by atoms with van der Waals surface area (Å²) in [4.78, 5) is 14.1. The van der Waals surface area contributed by atoms with E-state index in [1.807, 2.05) is 42.5 Å². The zero-order valence-electron chi connectivity index (χ0n) is 13.8.